The van der Waals surface area contributed by atoms with Gasteiger partial charge in [0, 0.05) is 19.7 Å². The molecule has 0 aliphatic carbocycles. The molecule has 2 saturated heterocycles. The summed E-state index contributed by atoms with van der Waals surface area (Å²) in [5, 5.41) is 3.28. The molecule has 1 amide bonds. The summed E-state index contributed by atoms with van der Waals surface area (Å²) < 4.78 is 5.84. The highest BCUT2D eigenvalue weighted by molar-refractivity contribution is 5.82. The minimum absolute atomic E-state index is 0.0816. The second-order valence-corrected chi connectivity index (χ2v) is 5.90. The van der Waals surface area contributed by atoms with Crippen molar-refractivity contribution in [1.82, 2.24) is 10.2 Å². The van der Waals surface area contributed by atoms with Gasteiger partial charge in [0.2, 0.25) is 5.91 Å². The van der Waals surface area contributed by atoms with Gasteiger partial charge in [-0.15, -0.1) is 0 Å². The van der Waals surface area contributed by atoms with Crippen molar-refractivity contribution in [1.29, 1.82) is 0 Å². The summed E-state index contributed by atoms with van der Waals surface area (Å²) >= 11 is 0. The molecular formula is C14H26N2O2. The standard InChI is InChI=1S/C14H26N2O2/c1-11(2)10-18-12-5-8-16(9-6-12)14(17)13-4-3-7-15-13/h11-13,15H,3-10H2,1-2H3. The molecule has 0 aromatic heterocycles. The van der Waals surface area contributed by atoms with Gasteiger partial charge in [-0.05, 0) is 38.1 Å². The summed E-state index contributed by atoms with van der Waals surface area (Å²) in [6, 6.07) is 0.0816. The topological polar surface area (TPSA) is 41.6 Å². The van der Waals surface area contributed by atoms with Crippen LogP contribution in [0.5, 0.6) is 0 Å². The van der Waals surface area contributed by atoms with Crippen molar-refractivity contribution in [2.45, 2.75) is 51.7 Å². The lowest BCUT2D eigenvalue weighted by Crippen LogP contribution is -2.48. The van der Waals surface area contributed by atoms with Gasteiger partial charge in [-0.1, -0.05) is 13.8 Å². The van der Waals surface area contributed by atoms with Crippen molar-refractivity contribution in [3.8, 4) is 0 Å². The number of amides is 1. The first-order valence-electron chi connectivity index (χ1n) is 7.30. The highest BCUT2D eigenvalue weighted by atomic mass is 16.5. The van der Waals surface area contributed by atoms with Crippen LogP contribution in [0.1, 0.15) is 39.5 Å². The lowest BCUT2D eigenvalue weighted by molar-refractivity contribution is -0.135. The lowest BCUT2D eigenvalue weighted by atomic mass is 10.1. The van der Waals surface area contributed by atoms with Crippen LogP contribution in [-0.2, 0) is 9.53 Å². The van der Waals surface area contributed by atoms with E-state index < -0.39 is 0 Å². The smallest absolute Gasteiger partial charge is 0.239 e. The van der Waals surface area contributed by atoms with Crippen LogP contribution in [0, 0.1) is 5.92 Å². The summed E-state index contributed by atoms with van der Waals surface area (Å²) in [5.74, 6) is 0.891. The minimum atomic E-state index is 0.0816. The van der Waals surface area contributed by atoms with Gasteiger partial charge in [0.15, 0.2) is 0 Å². The average Bonchev–Trinajstić information content (AvgIpc) is 2.90. The molecule has 18 heavy (non-hydrogen) atoms. The molecule has 4 heteroatoms. The number of hydrogen-bond acceptors (Lipinski definition) is 3. The first kappa shape index (κ1) is 13.8. The maximum atomic E-state index is 12.2. The molecule has 104 valence electrons. The number of nitrogens with zero attached hydrogens (tertiary/aromatic N) is 1. The van der Waals surface area contributed by atoms with Gasteiger partial charge in [-0.25, -0.2) is 0 Å². The fourth-order valence-electron chi connectivity index (χ4n) is 2.69. The first-order valence-corrected chi connectivity index (χ1v) is 7.30. The molecule has 1 atom stereocenters. The largest absolute Gasteiger partial charge is 0.378 e. The van der Waals surface area contributed by atoms with Crippen LogP contribution >= 0.6 is 0 Å². The number of likely N-dealkylation sites (tertiary alicyclic amines) is 1. The van der Waals surface area contributed by atoms with E-state index in [1.54, 1.807) is 0 Å². The Morgan fingerprint density at radius 2 is 2.06 bits per heavy atom. The van der Waals surface area contributed by atoms with E-state index in [2.05, 4.69) is 19.2 Å². The zero-order valence-corrected chi connectivity index (χ0v) is 11.7. The van der Waals surface area contributed by atoms with Gasteiger partial charge in [0.05, 0.1) is 12.1 Å². The van der Waals surface area contributed by atoms with Gasteiger partial charge >= 0.3 is 0 Å². The van der Waals surface area contributed by atoms with Crippen molar-refractivity contribution in [3.63, 3.8) is 0 Å². The molecule has 0 saturated carbocycles. The number of piperidine rings is 1. The molecule has 2 aliphatic heterocycles. The van der Waals surface area contributed by atoms with Gasteiger partial charge in [0.25, 0.3) is 0 Å². The van der Waals surface area contributed by atoms with E-state index in [1.165, 1.54) is 0 Å². The summed E-state index contributed by atoms with van der Waals surface area (Å²) in [5.41, 5.74) is 0. The normalized spacial score (nSPS) is 25.9. The van der Waals surface area contributed by atoms with Crippen LogP contribution in [0.3, 0.4) is 0 Å². The fourth-order valence-corrected chi connectivity index (χ4v) is 2.69. The zero-order chi connectivity index (χ0) is 13.0. The second kappa shape index (κ2) is 6.53. The molecule has 1 unspecified atom stereocenters. The zero-order valence-electron chi connectivity index (χ0n) is 11.7. The molecule has 2 rings (SSSR count). The Balaban J connectivity index is 1.70. The lowest BCUT2D eigenvalue weighted by Gasteiger charge is -2.33. The third-order valence-electron chi connectivity index (χ3n) is 3.78. The Labute approximate surface area is 110 Å². The Kier molecular flexibility index (Phi) is 5.01. The van der Waals surface area contributed by atoms with Crippen LogP contribution in [0.15, 0.2) is 0 Å². The third-order valence-corrected chi connectivity index (χ3v) is 3.78. The number of carbonyl (C=O) groups excluding carboxylic acids is 1. The third kappa shape index (κ3) is 3.69. The molecule has 0 radical (unpaired) electrons. The van der Waals surface area contributed by atoms with Crippen LogP contribution in [0.25, 0.3) is 0 Å². The Bertz CT molecular complexity index is 267. The molecular weight excluding hydrogens is 228 g/mol. The van der Waals surface area contributed by atoms with Crippen molar-refractivity contribution < 1.29 is 9.53 Å². The number of ether oxygens (including phenoxy) is 1. The van der Waals surface area contributed by atoms with Crippen LogP contribution in [-0.4, -0.2) is 49.2 Å². The highest BCUT2D eigenvalue weighted by Crippen LogP contribution is 2.17. The number of nitrogens with one attached hydrogen (secondary N) is 1. The SMILES string of the molecule is CC(C)COC1CCN(C(=O)C2CCCN2)CC1. The van der Waals surface area contributed by atoms with E-state index in [0.29, 0.717) is 17.9 Å². The van der Waals surface area contributed by atoms with Crippen LogP contribution in [0.2, 0.25) is 0 Å². The average molecular weight is 254 g/mol. The van der Waals surface area contributed by atoms with Crippen molar-refractivity contribution >= 4 is 5.91 Å². The van der Waals surface area contributed by atoms with Gasteiger partial charge in [-0.3, -0.25) is 4.79 Å². The fraction of sp³-hybridized carbons (Fsp3) is 0.929. The molecule has 1 N–H and O–H groups in total. The number of carbonyl (C=O) groups is 1. The minimum Gasteiger partial charge on any atom is -0.378 e. The molecule has 0 spiro atoms. The second-order valence-electron chi connectivity index (χ2n) is 5.90. The predicted octanol–water partition coefficient (Wildman–Crippen LogP) is 1.40. The van der Waals surface area contributed by atoms with E-state index >= 15 is 0 Å². The monoisotopic (exact) mass is 254 g/mol. The van der Waals surface area contributed by atoms with Gasteiger partial charge < -0.3 is 15.0 Å². The molecule has 0 aromatic carbocycles. The van der Waals surface area contributed by atoms with E-state index in [0.717, 1.165) is 51.9 Å². The summed E-state index contributed by atoms with van der Waals surface area (Å²) in [7, 11) is 0. The van der Waals surface area contributed by atoms with E-state index in [1.807, 2.05) is 4.90 Å². The predicted molar refractivity (Wildman–Crippen MR) is 71.4 cm³/mol. The van der Waals surface area contributed by atoms with Crippen molar-refractivity contribution in [3.05, 3.63) is 0 Å². The highest BCUT2D eigenvalue weighted by Gasteiger charge is 2.29. The van der Waals surface area contributed by atoms with E-state index in [-0.39, 0.29) is 6.04 Å². The molecule has 2 heterocycles. The quantitative estimate of drug-likeness (QED) is 0.824. The maximum absolute atomic E-state index is 12.2. The number of rotatable bonds is 4. The number of hydrogen-bond donors (Lipinski definition) is 1. The van der Waals surface area contributed by atoms with Gasteiger partial charge in [-0.2, -0.15) is 0 Å². The molecule has 2 fully saturated rings. The molecule has 4 nitrogen and oxygen atoms in total. The molecule has 0 aromatic rings. The Hall–Kier alpha value is -0.610. The Morgan fingerprint density at radius 3 is 2.61 bits per heavy atom. The van der Waals surface area contributed by atoms with Crippen LogP contribution < -0.4 is 5.32 Å². The molecule has 2 aliphatic rings. The maximum Gasteiger partial charge on any atom is 0.239 e. The van der Waals surface area contributed by atoms with Crippen LogP contribution in [0.4, 0.5) is 0 Å². The summed E-state index contributed by atoms with van der Waals surface area (Å²) in [4.78, 5) is 14.2. The van der Waals surface area contributed by atoms with Crippen molar-refractivity contribution in [2.75, 3.05) is 26.2 Å². The van der Waals surface area contributed by atoms with Gasteiger partial charge in [0.1, 0.15) is 0 Å². The summed E-state index contributed by atoms with van der Waals surface area (Å²) in [6.45, 7) is 7.89. The van der Waals surface area contributed by atoms with Crippen molar-refractivity contribution in [2.24, 2.45) is 5.92 Å². The Morgan fingerprint density at radius 1 is 1.33 bits per heavy atom. The summed E-state index contributed by atoms with van der Waals surface area (Å²) in [6.07, 6.45) is 4.47. The molecule has 0 bridgehead atoms. The first-order chi connectivity index (χ1) is 8.66. The van der Waals surface area contributed by atoms with E-state index in [4.69, 9.17) is 4.74 Å². The van der Waals surface area contributed by atoms with E-state index in [9.17, 15) is 4.79 Å².